The molecule has 1 aromatic heterocycles. The molecule has 18 heteroatoms. The van der Waals surface area contributed by atoms with Gasteiger partial charge in [0.15, 0.2) is 0 Å². The van der Waals surface area contributed by atoms with Gasteiger partial charge in [0, 0.05) is 27.3 Å². The van der Waals surface area contributed by atoms with Crippen molar-refractivity contribution >= 4 is 58.8 Å². The summed E-state index contributed by atoms with van der Waals surface area (Å²) in [7, 11) is 5.47. The second kappa shape index (κ2) is 20.3. The van der Waals surface area contributed by atoms with E-state index in [-0.39, 0.29) is 41.9 Å². The number of carbonyl (C=O) groups excluding carboxylic acids is 4. The molecule has 0 spiro atoms. The number of carbonyl (C=O) groups is 4. The second-order valence-corrected chi connectivity index (χ2v) is 18.0. The average molecular weight is 924 g/mol. The number of rotatable bonds is 16. The maximum atomic E-state index is 16.5. The Hall–Kier alpha value is -6.27. The molecule has 67 heavy (non-hydrogen) atoms. The van der Waals surface area contributed by atoms with Gasteiger partial charge in [0.05, 0.1) is 72.6 Å². The monoisotopic (exact) mass is 923 g/mol. The van der Waals surface area contributed by atoms with E-state index in [2.05, 4.69) is 55.7 Å². The van der Waals surface area contributed by atoms with E-state index in [1.54, 1.807) is 29.7 Å². The van der Waals surface area contributed by atoms with Crippen molar-refractivity contribution in [3.8, 4) is 0 Å². The number of hydrogen-bond acceptors (Lipinski definition) is 12. The number of H-pyrrole nitrogens is 1. The molecule has 8 atom stereocenters. The molecule has 1 saturated carbocycles. The van der Waals surface area contributed by atoms with Crippen molar-refractivity contribution in [2.45, 2.75) is 120 Å². The quantitative estimate of drug-likeness (QED) is 0.0812. The number of benzene rings is 3. The van der Waals surface area contributed by atoms with Gasteiger partial charge in [0.2, 0.25) is 11.8 Å². The van der Waals surface area contributed by atoms with Gasteiger partial charge in [-0.25, -0.2) is 19.0 Å². The predicted octanol–water partition coefficient (Wildman–Crippen LogP) is 7.54. The lowest BCUT2D eigenvalue weighted by molar-refractivity contribution is -0.138. The number of halogens is 1. The lowest BCUT2D eigenvalue weighted by Gasteiger charge is -2.34. The van der Waals surface area contributed by atoms with Crippen molar-refractivity contribution in [1.82, 2.24) is 30.4 Å². The summed E-state index contributed by atoms with van der Waals surface area (Å²) in [5.41, 5.74) is 6.27. The Morgan fingerprint density at radius 1 is 0.746 bits per heavy atom. The van der Waals surface area contributed by atoms with Crippen LogP contribution in [0.5, 0.6) is 0 Å². The van der Waals surface area contributed by atoms with Crippen LogP contribution in [0, 0.1) is 5.82 Å². The van der Waals surface area contributed by atoms with Crippen LogP contribution in [0.25, 0.3) is 11.0 Å². The van der Waals surface area contributed by atoms with Crippen molar-refractivity contribution in [3.05, 3.63) is 82.9 Å². The number of aliphatic imine (C=N–C) groups is 1. The molecule has 3 saturated heterocycles. The third-order valence-corrected chi connectivity index (χ3v) is 14.0. The molecule has 4 fully saturated rings. The molecule has 3 aromatic carbocycles. The van der Waals surface area contributed by atoms with Crippen molar-refractivity contribution in [3.63, 3.8) is 0 Å². The Kier molecular flexibility index (Phi) is 14.3. The van der Waals surface area contributed by atoms with Crippen LogP contribution in [0.15, 0.2) is 59.6 Å². The van der Waals surface area contributed by atoms with Crippen molar-refractivity contribution in [1.29, 1.82) is 0 Å². The highest BCUT2D eigenvalue weighted by atomic mass is 19.1. The summed E-state index contributed by atoms with van der Waals surface area (Å²) in [6, 6.07) is 15.0. The molecule has 1 unspecified atom stereocenters. The number of aromatic amines is 1. The molecule has 0 radical (unpaired) electrons. The highest BCUT2D eigenvalue weighted by Gasteiger charge is 2.41. The first kappa shape index (κ1) is 47.2. The molecule has 4 aromatic rings. The first-order valence-corrected chi connectivity index (χ1v) is 23.2. The summed E-state index contributed by atoms with van der Waals surface area (Å²) in [6.45, 7) is 8.33. The minimum absolute atomic E-state index is 0.204. The third kappa shape index (κ3) is 9.77. The summed E-state index contributed by atoms with van der Waals surface area (Å²) in [4.78, 5) is 70.8. The number of aromatic nitrogens is 2. The summed E-state index contributed by atoms with van der Waals surface area (Å²) in [5.74, 6) is 0.191. The van der Waals surface area contributed by atoms with Crippen molar-refractivity contribution < 1.29 is 42.5 Å². The number of nitrogens with one attached hydrogen (secondary N) is 4. The highest BCUT2D eigenvalue weighted by molar-refractivity contribution is 5.88. The smallest absolute Gasteiger partial charge is 0.407 e. The predicted molar refractivity (Wildman–Crippen MR) is 251 cm³/mol. The SMILES string of the molecule is C=Nc1cc([C@@H]2CCC(c3ccc4nc([C@@H]5CCCN5C(=O)[C@@H](NC(=O)OC)[C@@H](C)OC)[nH]c4c3)N2c2ccc(C3CC3)cc2F)ccc1N[C@@H]1CCCN1C(=O)[C@@H](NC(=O)OC)[C@@H](C)OC. The van der Waals surface area contributed by atoms with E-state index < -0.39 is 36.5 Å². The normalized spacial score (nSPS) is 22.3. The van der Waals surface area contributed by atoms with Gasteiger partial charge in [-0.1, -0.05) is 18.2 Å². The maximum absolute atomic E-state index is 16.5. The van der Waals surface area contributed by atoms with E-state index >= 15 is 4.39 Å². The topological polar surface area (TPSA) is 192 Å². The van der Waals surface area contributed by atoms with Crippen LogP contribution in [-0.4, -0.2) is 122 Å². The molecule has 4 amide bonds. The number of amides is 4. The third-order valence-electron chi connectivity index (χ3n) is 14.0. The van der Waals surface area contributed by atoms with E-state index in [4.69, 9.17) is 23.9 Å². The van der Waals surface area contributed by atoms with Crippen molar-refractivity contribution in [2.24, 2.45) is 4.99 Å². The van der Waals surface area contributed by atoms with Crippen LogP contribution in [0.4, 0.5) is 31.0 Å². The van der Waals surface area contributed by atoms with Gasteiger partial charge in [0.25, 0.3) is 0 Å². The summed E-state index contributed by atoms with van der Waals surface area (Å²) in [5, 5.41) is 8.79. The first-order valence-electron chi connectivity index (χ1n) is 23.2. The minimum Gasteiger partial charge on any atom is -0.453 e. The first-order chi connectivity index (χ1) is 32.4. The van der Waals surface area contributed by atoms with Crippen LogP contribution in [0.2, 0.25) is 0 Å². The van der Waals surface area contributed by atoms with Gasteiger partial charge in [-0.15, -0.1) is 0 Å². The van der Waals surface area contributed by atoms with Gasteiger partial charge in [-0.3, -0.25) is 14.6 Å². The van der Waals surface area contributed by atoms with Gasteiger partial charge in [-0.05, 0) is 131 Å². The number of nitrogens with zero attached hydrogens (tertiary/aromatic N) is 5. The van der Waals surface area contributed by atoms with Gasteiger partial charge in [0.1, 0.15) is 29.9 Å². The molecule has 4 N–H and O–H groups in total. The fourth-order valence-electron chi connectivity index (χ4n) is 10.1. The summed E-state index contributed by atoms with van der Waals surface area (Å²) >= 11 is 0. The molecule has 4 heterocycles. The molecule has 3 aliphatic heterocycles. The van der Waals surface area contributed by atoms with E-state index in [1.165, 1.54) is 28.4 Å². The molecule has 4 aliphatic rings. The Morgan fingerprint density at radius 2 is 1.34 bits per heavy atom. The number of alkyl carbamates (subject to hydrolysis) is 2. The number of likely N-dealkylation sites (tertiary alicyclic amines) is 2. The zero-order valence-corrected chi connectivity index (χ0v) is 39.1. The Balaban J connectivity index is 1.07. The molecule has 0 bridgehead atoms. The number of methoxy groups -OCH3 is 4. The van der Waals surface area contributed by atoms with E-state index in [1.807, 2.05) is 30.3 Å². The molecular formula is C49H62FN9O8. The Morgan fingerprint density at radius 3 is 1.96 bits per heavy atom. The lowest BCUT2D eigenvalue weighted by atomic mass is 10.0. The highest BCUT2D eigenvalue weighted by Crippen LogP contribution is 2.50. The average Bonchev–Trinajstić information content (AvgIpc) is 3.68. The number of ether oxygens (including phenoxy) is 4. The number of hydrogen-bond donors (Lipinski definition) is 4. The van der Waals surface area contributed by atoms with Gasteiger partial charge >= 0.3 is 12.2 Å². The van der Waals surface area contributed by atoms with Gasteiger partial charge in [-0.2, -0.15) is 0 Å². The number of imidazole rings is 1. The Labute approximate surface area is 390 Å². The minimum atomic E-state index is -0.954. The second-order valence-electron chi connectivity index (χ2n) is 18.0. The summed E-state index contributed by atoms with van der Waals surface area (Å²) in [6.07, 6.45) is 3.42. The van der Waals surface area contributed by atoms with Crippen LogP contribution >= 0.6 is 0 Å². The molecular weight excluding hydrogens is 862 g/mol. The fraction of sp³-hybridized carbons (Fsp3) is 0.510. The fourth-order valence-corrected chi connectivity index (χ4v) is 10.1. The molecule has 1 aliphatic carbocycles. The van der Waals surface area contributed by atoms with Crippen LogP contribution in [-0.2, 0) is 28.5 Å². The summed E-state index contributed by atoms with van der Waals surface area (Å²) < 4.78 is 37.0. The van der Waals surface area contributed by atoms with Crippen LogP contribution in [0.1, 0.15) is 112 Å². The lowest BCUT2D eigenvalue weighted by Crippen LogP contribution is -2.56. The molecule has 358 valence electrons. The zero-order valence-electron chi connectivity index (χ0n) is 39.1. The van der Waals surface area contributed by atoms with Crippen LogP contribution in [0.3, 0.4) is 0 Å². The Bertz CT molecular complexity index is 2480. The molecule has 8 rings (SSSR count). The van der Waals surface area contributed by atoms with Crippen molar-refractivity contribution in [2.75, 3.05) is 51.7 Å². The largest absolute Gasteiger partial charge is 0.453 e. The number of anilines is 2. The van der Waals surface area contributed by atoms with E-state index in [9.17, 15) is 19.2 Å². The van der Waals surface area contributed by atoms with Gasteiger partial charge < -0.3 is 54.6 Å². The van der Waals surface area contributed by atoms with Crippen LogP contribution < -0.4 is 20.9 Å². The van der Waals surface area contributed by atoms with E-state index in [0.29, 0.717) is 54.7 Å². The molecule has 17 nitrogen and oxygen atoms in total. The number of fused-ring (bicyclic) bond motifs is 1. The standard InChI is InChI=1S/C49H62FN9O8/c1-27(64-4)43(55-48(62)66-6)46(60)57-22-8-10-41(57)45-53-35-18-15-32(26-37(35)54-45)39-21-20-38(59(39)40-19-16-30(24-33(40)50)29-12-13-29)31-14-17-34(36(25-31)51-3)52-42-11-9-23-58(42)47(61)44(28(2)65-5)56-49(63)67-7/h14-19,24-29,38-39,41-44,52H,3,8-13,20-23H2,1-2,4-7H3,(H,53,54)(H,55,62)(H,56,63)/t27-,28-,38+,39?,41+,42+,43+,44+/m1/s1. The maximum Gasteiger partial charge on any atom is 0.407 e. The van der Waals surface area contributed by atoms with E-state index in [0.717, 1.165) is 66.2 Å². The zero-order chi connectivity index (χ0) is 47.5.